The molecule has 0 aliphatic carbocycles. The van der Waals surface area contributed by atoms with Crippen LogP contribution in [0.15, 0.2) is 24.4 Å². The summed E-state index contributed by atoms with van der Waals surface area (Å²) < 4.78 is 1.38. The Balaban J connectivity index is 2.46. The van der Waals surface area contributed by atoms with Crippen molar-refractivity contribution in [2.24, 2.45) is 0 Å². The number of nitrogens with zero attached hydrogens (tertiary/aromatic N) is 2. The van der Waals surface area contributed by atoms with E-state index in [0.717, 1.165) is 10.9 Å². The van der Waals surface area contributed by atoms with E-state index in [1.807, 2.05) is 0 Å². The number of aliphatic carboxylic acids is 1. The van der Waals surface area contributed by atoms with E-state index in [4.69, 9.17) is 10.8 Å². The highest BCUT2D eigenvalue weighted by Gasteiger charge is 2.03. The van der Waals surface area contributed by atoms with Crippen molar-refractivity contribution in [3.63, 3.8) is 0 Å². The first-order valence-corrected chi connectivity index (χ1v) is 4.09. The maximum absolute atomic E-state index is 10.4. The second-order valence-electron chi connectivity index (χ2n) is 3.04. The van der Waals surface area contributed by atoms with E-state index in [-0.39, 0.29) is 6.54 Å². The molecule has 72 valence electrons. The van der Waals surface area contributed by atoms with Gasteiger partial charge in [0.25, 0.3) is 0 Å². The Kier molecular flexibility index (Phi) is 1.85. The van der Waals surface area contributed by atoms with Crippen molar-refractivity contribution in [1.29, 1.82) is 0 Å². The van der Waals surface area contributed by atoms with Gasteiger partial charge in [0.2, 0.25) is 0 Å². The average molecular weight is 191 g/mol. The van der Waals surface area contributed by atoms with Gasteiger partial charge < -0.3 is 10.8 Å². The van der Waals surface area contributed by atoms with Crippen LogP contribution in [0.2, 0.25) is 0 Å². The third-order valence-electron chi connectivity index (χ3n) is 1.87. The van der Waals surface area contributed by atoms with Gasteiger partial charge in [-0.2, -0.15) is 5.10 Å². The molecule has 0 fully saturated rings. The number of nitrogens with two attached hydrogens (primary N) is 1. The predicted molar refractivity (Wildman–Crippen MR) is 51.8 cm³/mol. The summed E-state index contributed by atoms with van der Waals surface area (Å²) in [6.45, 7) is -0.130. The van der Waals surface area contributed by atoms with Crippen molar-refractivity contribution >= 4 is 22.6 Å². The number of carbonyl (C=O) groups is 1. The largest absolute Gasteiger partial charge is 0.480 e. The number of aromatic nitrogens is 2. The predicted octanol–water partition coefficient (Wildman–Crippen LogP) is 0.703. The van der Waals surface area contributed by atoms with Gasteiger partial charge in [0, 0.05) is 17.3 Å². The van der Waals surface area contributed by atoms with E-state index in [9.17, 15) is 4.79 Å². The first-order valence-electron chi connectivity index (χ1n) is 4.09. The van der Waals surface area contributed by atoms with Crippen LogP contribution in [0, 0.1) is 0 Å². The lowest BCUT2D eigenvalue weighted by Gasteiger charge is -1.91. The fraction of sp³-hybridized carbons (Fsp3) is 0.111. The summed E-state index contributed by atoms with van der Waals surface area (Å²) >= 11 is 0. The Hall–Kier alpha value is -2.04. The molecule has 1 aromatic carbocycles. The highest BCUT2D eigenvalue weighted by Crippen LogP contribution is 2.15. The van der Waals surface area contributed by atoms with Gasteiger partial charge in [-0.15, -0.1) is 0 Å². The maximum atomic E-state index is 10.4. The molecular weight excluding hydrogens is 182 g/mol. The number of nitrogen functional groups attached to an aromatic ring is 1. The molecule has 1 heterocycles. The number of fused-ring (bicyclic) bond motifs is 1. The van der Waals surface area contributed by atoms with Crippen molar-refractivity contribution < 1.29 is 9.90 Å². The van der Waals surface area contributed by atoms with E-state index in [1.54, 1.807) is 24.4 Å². The molecule has 1 aromatic heterocycles. The number of hydrogen-bond acceptors (Lipinski definition) is 3. The van der Waals surface area contributed by atoms with E-state index in [2.05, 4.69) is 5.10 Å². The zero-order valence-electron chi connectivity index (χ0n) is 7.34. The first-order chi connectivity index (χ1) is 6.65. The van der Waals surface area contributed by atoms with E-state index >= 15 is 0 Å². The molecule has 0 unspecified atom stereocenters. The molecule has 2 aromatic rings. The highest BCUT2D eigenvalue weighted by atomic mass is 16.4. The first kappa shape index (κ1) is 8.55. The molecule has 0 aliphatic rings. The Bertz CT molecular complexity index is 490. The van der Waals surface area contributed by atoms with Gasteiger partial charge in [-0.05, 0) is 18.2 Å². The number of benzene rings is 1. The quantitative estimate of drug-likeness (QED) is 0.685. The zero-order valence-corrected chi connectivity index (χ0v) is 7.34. The highest BCUT2D eigenvalue weighted by molar-refractivity contribution is 5.81. The molecule has 0 saturated heterocycles. The Morgan fingerprint density at radius 3 is 3.07 bits per heavy atom. The fourth-order valence-corrected chi connectivity index (χ4v) is 1.31. The molecule has 0 radical (unpaired) electrons. The third-order valence-corrected chi connectivity index (χ3v) is 1.87. The molecule has 5 nitrogen and oxygen atoms in total. The minimum absolute atomic E-state index is 0.130. The Morgan fingerprint density at radius 2 is 2.36 bits per heavy atom. The molecule has 2 rings (SSSR count). The van der Waals surface area contributed by atoms with Crippen molar-refractivity contribution in [3.8, 4) is 0 Å². The SMILES string of the molecule is Nc1ccc2nn(CC(=O)O)cc2c1. The average Bonchev–Trinajstić information content (AvgIpc) is 2.44. The lowest BCUT2D eigenvalue weighted by atomic mass is 10.2. The van der Waals surface area contributed by atoms with Gasteiger partial charge in [0.1, 0.15) is 6.54 Å². The lowest BCUT2D eigenvalue weighted by molar-refractivity contribution is -0.137. The van der Waals surface area contributed by atoms with Gasteiger partial charge in [-0.1, -0.05) is 0 Å². The molecule has 5 heteroatoms. The topological polar surface area (TPSA) is 81.1 Å². The smallest absolute Gasteiger partial charge is 0.325 e. The summed E-state index contributed by atoms with van der Waals surface area (Å²) in [4.78, 5) is 10.4. The molecular formula is C9H9N3O2. The number of anilines is 1. The normalized spacial score (nSPS) is 10.6. The number of rotatable bonds is 2. The van der Waals surface area contributed by atoms with E-state index in [0.29, 0.717) is 5.69 Å². The van der Waals surface area contributed by atoms with Gasteiger partial charge >= 0.3 is 5.97 Å². The van der Waals surface area contributed by atoms with Crippen molar-refractivity contribution in [2.45, 2.75) is 6.54 Å². The van der Waals surface area contributed by atoms with E-state index in [1.165, 1.54) is 4.68 Å². The minimum Gasteiger partial charge on any atom is -0.480 e. The van der Waals surface area contributed by atoms with Crippen LogP contribution in [0.25, 0.3) is 10.9 Å². The van der Waals surface area contributed by atoms with E-state index < -0.39 is 5.97 Å². The lowest BCUT2D eigenvalue weighted by Crippen LogP contribution is -2.08. The van der Waals surface area contributed by atoms with Crippen LogP contribution >= 0.6 is 0 Å². The molecule has 0 spiro atoms. The minimum atomic E-state index is -0.911. The monoisotopic (exact) mass is 191 g/mol. The van der Waals surface area contributed by atoms with Crippen LogP contribution in [0.1, 0.15) is 0 Å². The molecule has 0 atom stereocenters. The zero-order chi connectivity index (χ0) is 10.1. The van der Waals surface area contributed by atoms with Crippen LogP contribution < -0.4 is 5.73 Å². The van der Waals surface area contributed by atoms with Gasteiger partial charge in [0.05, 0.1) is 5.52 Å². The van der Waals surface area contributed by atoms with Crippen LogP contribution in [0.4, 0.5) is 5.69 Å². The summed E-state index contributed by atoms with van der Waals surface area (Å²) in [5.74, 6) is -0.911. The van der Waals surface area contributed by atoms with Gasteiger partial charge in [0.15, 0.2) is 0 Å². The fourth-order valence-electron chi connectivity index (χ4n) is 1.31. The number of carboxylic acid groups (broad SMARTS) is 1. The van der Waals surface area contributed by atoms with Crippen molar-refractivity contribution in [1.82, 2.24) is 9.78 Å². The van der Waals surface area contributed by atoms with Gasteiger partial charge in [-0.25, -0.2) is 0 Å². The van der Waals surface area contributed by atoms with Crippen LogP contribution in [-0.2, 0) is 11.3 Å². The van der Waals surface area contributed by atoms with Crippen molar-refractivity contribution in [3.05, 3.63) is 24.4 Å². The van der Waals surface area contributed by atoms with Crippen LogP contribution in [0.3, 0.4) is 0 Å². The standard InChI is InChI=1S/C9H9N3O2/c10-7-1-2-8-6(3-7)4-12(11-8)5-9(13)14/h1-4H,5,10H2,(H,13,14). The van der Waals surface area contributed by atoms with Gasteiger partial charge in [-0.3, -0.25) is 9.48 Å². The van der Waals surface area contributed by atoms with Crippen LogP contribution in [-0.4, -0.2) is 20.9 Å². The summed E-state index contributed by atoms with van der Waals surface area (Å²) in [7, 11) is 0. The molecule has 0 saturated carbocycles. The second-order valence-corrected chi connectivity index (χ2v) is 3.04. The summed E-state index contributed by atoms with van der Waals surface area (Å²) in [6.07, 6.45) is 1.67. The molecule has 3 N–H and O–H groups in total. The summed E-state index contributed by atoms with van der Waals surface area (Å²) in [6, 6.07) is 5.27. The summed E-state index contributed by atoms with van der Waals surface area (Å²) in [5, 5.41) is 13.5. The second kappa shape index (κ2) is 3.02. The van der Waals surface area contributed by atoms with Crippen molar-refractivity contribution in [2.75, 3.05) is 5.73 Å². The number of hydrogen-bond donors (Lipinski definition) is 2. The Morgan fingerprint density at radius 1 is 1.57 bits per heavy atom. The molecule has 14 heavy (non-hydrogen) atoms. The molecule has 0 aliphatic heterocycles. The number of carboxylic acids is 1. The third kappa shape index (κ3) is 1.52. The molecule has 0 amide bonds. The maximum Gasteiger partial charge on any atom is 0.325 e. The van der Waals surface area contributed by atoms with Crippen LogP contribution in [0.5, 0.6) is 0 Å². The molecule has 0 bridgehead atoms. The Labute approximate surface area is 79.7 Å². The summed E-state index contributed by atoms with van der Waals surface area (Å²) in [5.41, 5.74) is 6.98.